The fourth-order valence-electron chi connectivity index (χ4n) is 4.36. The summed E-state index contributed by atoms with van der Waals surface area (Å²) in [6, 6.07) is 7.30. The van der Waals surface area contributed by atoms with Gasteiger partial charge in [0.25, 0.3) is 11.7 Å². The minimum absolute atomic E-state index is 0.0269. The molecule has 2 heterocycles. The third-order valence-corrected chi connectivity index (χ3v) is 7.28. The standard InChI is InChI=1S/C28H21Cl2F3N2O6/c29-19-10-34-11-20(30)18(19)9-23(15-3-6-22(41-28(32)33)24(7-15)39-13-14-1-2-14)40-25(36)12-35-21-8-16(31)4-5-17(21)26(37)27(35)38/h3-8,10-11,14,23,28H,1-2,9,12-13H2/p+1/t23-/m0/s1. The molecule has 0 unspecified atom stereocenters. The summed E-state index contributed by atoms with van der Waals surface area (Å²) in [6.45, 7) is -3.50. The second-order valence-corrected chi connectivity index (χ2v) is 10.3. The van der Waals surface area contributed by atoms with E-state index in [4.69, 9.17) is 32.7 Å². The van der Waals surface area contributed by atoms with Gasteiger partial charge in [-0.15, -0.1) is 0 Å². The first-order valence-electron chi connectivity index (χ1n) is 12.5. The number of hydrogen-bond donors (Lipinski definition) is 0. The van der Waals surface area contributed by atoms with Gasteiger partial charge < -0.3 is 14.2 Å². The van der Waals surface area contributed by atoms with Gasteiger partial charge in [-0.3, -0.25) is 19.3 Å². The Kier molecular flexibility index (Phi) is 8.37. The van der Waals surface area contributed by atoms with E-state index in [-0.39, 0.29) is 39.2 Å². The van der Waals surface area contributed by atoms with E-state index in [0.29, 0.717) is 23.7 Å². The third-order valence-electron chi connectivity index (χ3n) is 6.61. The van der Waals surface area contributed by atoms with Gasteiger partial charge in [-0.25, -0.2) is 9.37 Å². The number of anilines is 1. The van der Waals surface area contributed by atoms with E-state index in [2.05, 4.69) is 9.72 Å². The van der Waals surface area contributed by atoms with E-state index in [0.717, 1.165) is 29.9 Å². The summed E-state index contributed by atoms with van der Waals surface area (Å²) in [5.74, 6) is -3.38. The number of carbonyl (C=O) groups excluding carboxylic acids is 3. The minimum atomic E-state index is -3.09. The molecule has 1 saturated carbocycles. The van der Waals surface area contributed by atoms with Crippen LogP contribution in [0.15, 0.2) is 48.8 Å². The molecule has 1 aliphatic carbocycles. The molecular formula is C28H22Cl2F3N2O6+. The highest BCUT2D eigenvalue weighted by molar-refractivity contribution is 6.52. The molecule has 8 nitrogen and oxygen atoms in total. The Hall–Kier alpha value is -3.83. The van der Waals surface area contributed by atoms with E-state index in [1.54, 1.807) is 0 Å². The van der Waals surface area contributed by atoms with Gasteiger partial charge in [-0.1, -0.05) is 29.3 Å². The van der Waals surface area contributed by atoms with Crippen LogP contribution in [0.25, 0.3) is 0 Å². The number of halogens is 5. The molecule has 214 valence electrons. The molecule has 41 heavy (non-hydrogen) atoms. The molecule has 1 N–H and O–H groups in total. The van der Waals surface area contributed by atoms with Crippen LogP contribution in [0.1, 0.15) is 40.4 Å². The van der Waals surface area contributed by atoms with Gasteiger partial charge >= 0.3 is 12.6 Å². The molecule has 1 atom stereocenters. The Morgan fingerprint density at radius 2 is 1.78 bits per heavy atom. The summed E-state index contributed by atoms with van der Waals surface area (Å²) >= 11 is 12.7. The lowest BCUT2D eigenvalue weighted by atomic mass is 10.0. The molecule has 3 aromatic rings. The first-order chi connectivity index (χ1) is 19.6. The number of aromatic nitrogens is 1. The lowest BCUT2D eigenvalue weighted by molar-refractivity contribution is -0.377. The van der Waals surface area contributed by atoms with Gasteiger partial charge in [0.05, 0.1) is 17.9 Å². The molecule has 1 aliphatic heterocycles. The smallest absolute Gasteiger partial charge is 0.387 e. The monoisotopic (exact) mass is 609 g/mol. The van der Waals surface area contributed by atoms with Gasteiger partial charge in [0, 0.05) is 12.0 Å². The number of nitrogens with zero attached hydrogens (tertiary/aromatic N) is 1. The second kappa shape index (κ2) is 12.0. The van der Waals surface area contributed by atoms with Gasteiger partial charge in [-0.05, 0) is 54.7 Å². The number of H-pyrrole nitrogens is 1. The predicted octanol–water partition coefficient (Wildman–Crippen LogP) is 5.39. The SMILES string of the molecule is O=C(CN1C(=O)C(=O)c2ccc(F)cc21)O[C@@H](Cc1c(Cl)c[nH+]cc1Cl)c1ccc(OC(F)F)c(OCC2CC2)c1. The zero-order valence-corrected chi connectivity index (χ0v) is 22.7. The number of Topliss-reactive ketones (excluding diaryl/α,β-unsaturated/α-hetero) is 1. The molecule has 1 fully saturated rings. The molecule has 1 amide bonds. The van der Waals surface area contributed by atoms with Crippen molar-refractivity contribution in [2.45, 2.75) is 32.0 Å². The number of ketones is 1. The highest BCUT2D eigenvalue weighted by atomic mass is 35.5. The van der Waals surface area contributed by atoms with Crippen LogP contribution in [-0.2, 0) is 20.7 Å². The number of pyridine rings is 1. The minimum Gasteiger partial charge on any atom is -0.489 e. The molecule has 2 aromatic carbocycles. The summed E-state index contributed by atoms with van der Waals surface area (Å²) in [4.78, 5) is 41.7. The molecule has 0 spiro atoms. The maximum Gasteiger partial charge on any atom is 0.387 e. The van der Waals surface area contributed by atoms with Crippen molar-refractivity contribution < 1.29 is 46.7 Å². The summed E-state index contributed by atoms with van der Waals surface area (Å²) in [5.41, 5.74) is 0.661. The third kappa shape index (κ3) is 6.57. The Morgan fingerprint density at radius 1 is 1.05 bits per heavy atom. The fraction of sp³-hybridized carbons (Fsp3) is 0.286. The molecule has 2 aliphatic rings. The number of nitrogens with one attached hydrogen (secondary N) is 1. The maximum atomic E-state index is 13.9. The van der Waals surface area contributed by atoms with Crippen LogP contribution < -0.4 is 19.4 Å². The van der Waals surface area contributed by atoms with Crippen molar-refractivity contribution in [3.05, 3.63) is 81.3 Å². The van der Waals surface area contributed by atoms with Crippen LogP contribution in [0.3, 0.4) is 0 Å². The lowest BCUT2D eigenvalue weighted by Gasteiger charge is -2.23. The Bertz CT molecular complexity index is 1500. The van der Waals surface area contributed by atoms with Crippen molar-refractivity contribution >= 4 is 46.5 Å². The van der Waals surface area contributed by atoms with Crippen molar-refractivity contribution in [2.24, 2.45) is 5.92 Å². The van der Waals surface area contributed by atoms with Crippen molar-refractivity contribution in [3.8, 4) is 11.5 Å². The highest BCUT2D eigenvalue weighted by Gasteiger charge is 2.38. The number of rotatable bonds is 11. The summed E-state index contributed by atoms with van der Waals surface area (Å²) in [7, 11) is 0. The zero-order valence-electron chi connectivity index (χ0n) is 21.2. The fourth-order valence-corrected chi connectivity index (χ4v) is 4.89. The summed E-state index contributed by atoms with van der Waals surface area (Å²) < 4.78 is 56.1. The van der Waals surface area contributed by atoms with E-state index in [1.807, 2.05) is 0 Å². The topological polar surface area (TPSA) is 96.3 Å². The van der Waals surface area contributed by atoms with Crippen LogP contribution in [0.2, 0.25) is 10.0 Å². The number of carbonyl (C=O) groups is 3. The average molecular weight is 610 g/mol. The number of aromatic amines is 1. The van der Waals surface area contributed by atoms with E-state index in [9.17, 15) is 27.6 Å². The number of benzene rings is 2. The molecule has 1 aromatic heterocycles. The van der Waals surface area contributed by atoms with Gasteiger partial charge in [-0.2, -0.15) is 8.78 Å². The normalized spacial score (nSPS) is 15.2. The van der Waals surface area contributed by atoms with Crippen molar-refractivity contribution in [1.29, 1.82) is 0 Å². The molecule has 0 saturated heterocycles. The Morgan fingerprint density at radius 3 is 2.46 bits per heavy atom. The van der Waals surface area contributed by atoms with E-state index >= 15 is 0 Å². The number of amides is 1. The molecule has 5 rings (SSSR count). The van der Waals surface area contributed by atoms with E-state index < -0.39 is 42.7 Å². The second-order valence-electron chi connectivity index (χ2n) is 9.53. The number of fused-ring (bicyclic) bond motifs is 1. The molecule has 0 bridgehead atoms. The van der Waals surface area contributed by atoms with Gasteiger partial charge in [0.2, 0.25) is 0 Å². The van der Waals surface area contributed by atoms with Crippen LogP contribution in [0, 0.1) is 11.7 Å². The molecule has 0 radical (unpaired) electrons. The van der Waals surface area contributed by atoms with Crippen molar-refractivity contribution in [3.63, 3.8) is 0 Å². The predicted molar refractivity (Wildman–Crippen MR) is 140 cm³/mol. The van der Waals surface area contributed by atoms with Gasteiger partial charge in [0.1, 0.15) is 28.5 Å². The van der Waals surface area contributed by atoms with Gasteiger partial charge in [0.15, 0.2) is 23.9 Å². The number of hydrogen-bond acceptors (Lipinski definition) is 6. The van der Waals surface area contributed by atoms with Crippen molar-refractivity contribution in [1.82, 2.24) is 0 Å². The molecular weight excluding hydrogens is 588 g/mol. The van der Waals surface area contributed by atoms with Crippen LogP contribution in [0.4, 0.5) is 18.9 Å². The Labute approximate surface area is 241 Å². The first-order valence-corrected chi connectivity index (χ1v) is 13.3. The largest absolute Gasteiger partial charge is 0.489 e. The number of ether oxygens (including phenoxy) is 3. The van der Waals surface area contributed by atoms with Crippen LogP contribution in [0.5, 0.6) is 11.5 Å². The van der Waals surface area contributed by atoms with E-state index in [1.165, 1.54) is 36.7 Å². The Balaban J connectivity index is 1.44. The van der Waals surface area contributed by atoms with Crippen LogP contribution in [-0.4, -0.2) is 37.4 Å². The average Bonchev–Trinajstić information content (AvgIpc) is 3.73. The summed E-state index contributed by atoms with van der Waals surface area (Å²) in [6.07, 6.45) is 3.73. The number of esters is 1. The number of alkyl halides is 2. The van der Waals surface area contributed by atoms with Crippen LogP contribution >= 0.6 is 23.2 Å². The highest BCUT2D eigenvalue weighted by Crippen LogP contribution is 2.38. The maximum absolute atomic E-state index is 13.9. The first kappa shape index (κ1) is 28.7. The molecule has 13 heteroatoms. The summed E-state index contributed by atoms with van der Waals surface area (Å²) in [5, 5.41) is 0.484. The zero-order chi connectivity index (χ0) is 29.3. The lowest BCUT2D eigenvalue weighted by Crippen LogP contribution is -2.36. The van der Waals surface area contributed by atoms with Crippen molar-refractivity contribution in [2.75, 3.05) is 18.1 Å². The quantitative estimate of drug-likeness (QED) is 0.213.